The Morgan fingerprint density at radius 2 is 1.00 bits per heavy atom. The van der Waals surface area contributed by atoms with Crippen LogP contribution in [-0.2, 0) is 0 Å². The number of aliphatic hydroxyl groups excluding tert-OH is 2. The van der Waals surface area contributed by atoms with Crippen LogP contribution in [0.15, 0.2) is 0 Å². The van der Waals surface area contributed by atoms with Gasteiger partial charge in [0.05, 0.1) is 12.2 Å². The van der Waals surface area contributed by atoms with Crippen molar-refractivity contribution in [3.05, 3.63) is 0 Å². The largest absolute Gasteiger partial charge is 0.392 e. The summed E-state index contributed by atoms with van der Waals surface area (Å²) in [6, 6.07) is 0. The van der Waals surface area contributed by atoms with E-state index in [1.54, 1.807) is 0 Å². The smallest absolute Gasteiger partial charge is 0.0695 e. The maximum atomic E-state index is 10.3. The number of piperidine rings is 2. The standard InChI is InChI=1S/C25H50N2O2/c1-3-12-22-14-18-26(20-24(22)28)16-10-8-6-5-7-9-11-17-27-19-15-23(13-4-2)25(29)21-27/h22-25,28-29H,3-21H2,1-2H3/t22?,23?,24-,25-/m0/s1. The van der Waals surface area contributed by atoms with Crippen LogP contribution in [0, 0.1) is 11.8 Å². The van der Waals surface area contributed by atoms with Crippen LogP contribution in [0.3, 0.4) is 0 Å². The third-order valence-electron chi connectivity index (χ3n) is 7.38. The molecule has 2 aliphatic heterocycles. The van der Waals surface area contributed by atoms with E-state index in [0.717, 1.165) is 13.1 Å². The summed E-state index contributed by atoms with van der Waals surface area (Å²) in [5.41, 5.74) is 0. The molecular weight excluding hydrogens is 360 g/mol. The van der Waals surface area contributed by atoms with Crippen molar-refractivity contribution >= 4 is 0 Å². The van der Waals surface area contributed by atoms with E-state index >= 15 is 0 Å². The summed E-state index contributed by atoms with van der Waals surface area (Å²) < 4.78 is 0. The number of hydrogen-bond acceptors (Lipinski definition) is 4. The van der Waals surface area contributed by atoms with Gasteiger partial charge in [-0.05, 0) is 76.5 Å². The molecule has 0 spiro atoms. The minimum absolute atomic E-state index is 0.0951. The predicted molar refractivity (Wildman–Crippen MR) is 123 cm³/mol. The van der Waals surface area contributed by atoms with Gasteiger partial charge >= 0.3 is 0 Å². The third-order valence-corrected chi connectivity index (χ3v) is 7.38. The Bertz CT molecular complexity index is 370. The number of hydrogen-bond donors (Lipinski definition) is 2. The molecule has 0 aliphatic carbocycles. The first kappa shape index (κ1) is 25.1. The molecule has 0 aromatic heterocycles. The maximum absolute atomic E-state index is 10.3. The van der Waals surface area contributed by atoms with Gasteiger partial charge < -0.3 is 20.0 Å². The highest BCUT2D eigenvalue weighted by Gasteiger charge is 2.27. The molecule has 4 atom stereocenters. The first-order valence-corrected chi connectivity index (χ1v) is 12.9. The zero-order valence-corrected chi connectivity index (χ0v) is 19.5. The first-order valence-electron chi connectivity index (χ1n) is 12.9. The lowest BCUT2D eigenvalue weighted by atomic mass is 9.90. The van der Waals surface area contributed by atoms with Gasteiger partial charge in [-0.15, -0.1) is 0 Å². The van der Waals surface area contributed by atoms with Gasteiger partial charge in [0.2, 0.25) is 0 Å². The lowest BCUT2D eigenvalue weighted by Gasteiger charge is -2.36. The Labute approximate surface area is 181 Å². The lowest BCUT2D eigenvalue weighted by Crippen LogP contribution is -2.44. The van der Waals surface area contributed by atoms with Crippen LogP contribution >= 0.6 is 0 Å². The van der Waals surface area contributed by atoms with E-state index in [0.29, 0.717) is 11.8 Å². The quantitative estimate of drug-likeness (QED) is 0.408. The molecule has 2 aliphatic rings. The summed E-state index contributed by atoms with van der Waals surface area (Å²) in [5.74, 6) is 1.09. The lowest BCUT2D eigenvalue weighted by molar-refractivity contribution is 0.0176. The highest BCUT2D eigenvalue weighted by molar-refractivity contribution is 4.80. The van der Waals surface area contributed by atoms with Crippen LogP contribution in [0.2, 0.25) is 0 Å². The number of unbranched alkanes of at least 4 members (excludes halogenated alkanes) is 6. The van der Waals surface area contributed by atoms with E-state index < -0.39 is 0 Å². The van der Waals surface area contributed by atoms with Crippen LogP contribution < -0.4 is 0 Å². The highest BCUT2D eigenvalue weighted by Crippen LogP contribution is 2.24. The van der Waals surface area contributed by atoms with Gasteiger partial charge in [-0.25, -0.2) is 0 Å². The summed E-state index contributed by atoms with van der Waals surface area (Å²) in [6.07, 6.45) is 16.3. The summed E-state index contributed by atoms with van der Waals surface area (Å²) >= 11 is 0. The van der Waals surface area contributed by atoms with Crippen LogP contribution in [0.4, 0.5) is 0 Å². The molecule has 2 fully saturated rings. The maximum Gasteiger partial charge on any atom is 0.0695 e. The van der Waals surface area contributed by atoms with Crippen LogP contribution in [0.1, 0.15) is 97.3 Å². The molecule has 2 N–H and O–H groups in total. The van der Waals surface area contributed by atoms with Crippen molar-refractivity contribution < 1.29 is 10.2 Å². The number of β-amino-alcohol motifs (C(OH)–C–C–N with tert-alkyl or cyclic N) is 2. The Morgan fingerprint density at radius 3 is 1.34 bits per heavy atom. The van der Waals surface area contributed by atoms with E-state index in [1.807, 2.05) is 0 Å². The Balaban J connectivity index is 1.39. The number of aliphatic hydroxyl groups is 2. The monoisotopic (exact) mass is 410 g/mol. The van der Waals surface area contributed by atoms with Crippen LogP contribution in [0.25, 0.3) is 0 Å². The number of nitrogens with zero attached hydrogens (tertiary/aromatic N) is 2. The molecule has 2 unspecified atom stereocenters. The van der Waals surface area contributed by atoms with E-state index in [-0.39, 0.29) is 12.2 Å². The fraction of sp³-hybridized carbons (Fsp3) is 1.00. The van der Waals surface area contributed by atoms with Gasteiger partial charge in [-0.2, -0.15) is 0 Å². The molecular formula is C25H50N2O2. The molecule has 4 nitrogen and oxygen atoms in total. The Kier molecular flexibility index (Phi) is 12.8. The van der Waals surface area contributed by atoms with Crippen molar-refractivity contribution in [3.63, 3.8) is 0 Å². The van der Waals surface area contributed by atoms with Gasteiger partial charge in [0.1, 0.15) is 0 Å². The second-order valence-corrected chi connectivity index (χ2v) is 9.89. The molecule has 0 bridgehead atoms. The topological polar surface area (TPSA) is 46.9 Å². The van der Waals surface area contributed by atoms with Crippen molar-refractivity contribution in [2.45, 2.75) is 110 Å². The van der Waals surface area contributed by atoms with Gasteiger partial charge in [0.25, 0.3) is 0 Å². The SMILES string of the molecule is CCCC1CCN(CCCCCCCCCN2CCC(CCC)[C@@H](O)C2)C[C@@H]1O. The van der Waals surface area contributed by atoms with Gasteiger partial charge in [0, 0.05) is 13.1 Å². The van der Waals surface area contributed by atoms with E-state index in [1.165, 1.54) is 110 Å². The zero-order valence-electron chi connectivity index (χ0n) is 19.5. The fourth-order valence-corrected chi connectivity index (χ4v) is 5.47. The van der Waals surface area contributed by atoms with Crippen LogP contribution in [0.5, 0.6) is 0 Å². The molecule has 2 heterocycles. The van der Waals surface area contributed by atoms with Gasteiger partial charge in [-0.3, -0.25) is 0 Å². The zero-order chi connectivity index (χ0) is 20.9. The molecule has 0 saturated carbocycles. The van der Waals surface area contributed by atoms with Crippen molar-refractivity contribution in [2.24, 2.45) is 11.8 Å². The summed E-state index contributed by atoms with van der Waals surface area (Å²) in [6.45, 7) is 11.0. The molecule has 2 rings (SSSR count). The second kappa shape index (κ2) is 14.8. The molecule has 172 valence electrons. The van der Waals surface area contributed by atoms with E-state index in [2.05, 4.69) is 23.6 Å². The minimum atomic E-state index is -0.0951. The number of likely N-dealkylation sites (tertiary alicyclic amines) is 2. The molecule has 0 amide bonds. The van der Waals surface area contributed by atoms with E-state index in [9.17, 15) is 10.2 Å². The molecule has 0 aromatic carbocycles. The van der Waals surface area contributed by atoms with Crippen molar-refractivity contribution in [3.8, 4) is 0 Å². The average Bonchev–Trinajstić information content (AvgIpc) is 2.71. The van der Waals surface area contributed by atoms with Crippen LogP contribution in [-0.4, -0.2) is 71.5 Å². The summed E-state index contributed by atoms with van der Waals surface area (Å²) in [4.78, 5) is 4.96. The van der Waals surface area contributed by atoms with Crippen molar-refractivity contribution in [2.75, 3.05) is 39.3 Å². The predicted octanol–water partition coefficient (Wildman–Crippen LogP) is 4.68. The van der Waals surface area contributed by atoms with Crippen molar-refractivity contribution in [1.82, 2.24) is 9.80 Å². The Hall–Kier alpha value is -0.160. The number of rotatable bonds is 14. The van der Waals surface area contributed by atoms with Gasteiger partial charge in [0.15, 0.2) is 0 Å². The molecule has 29 heavy (non-hydrogen) atoms. The second-order valence-electron chi connectivity index (χ2n) is 9.89. The van der Waals surface area contributed by atoms with Gasteiger partial charge in [-0.1, -0.05) is 58.8 Å². The summed E-state index contributed by atoms with van der Waals surface area (Å²) in [5, 5.41) is 20.6. The molecule has 0 aromatic rings. The molecule has 0 radical (unpaired) electrons. The average molecular weight is 411 g/mol. The minimum Gasteiger partial charge on any atom is -0.392 e. The normalized spacial score (nSPS) is 29.4. The molecule has 4 heteroatoms. The molecule has 2 saturated heterocycles. The van der Waals surface area contributed by atoms with Crippen molar-refractivity contribution in [1.29, 1.82) is 0 Å². The third kappa shape index (κ3) is 9.67. The first-order chi connectivity index (χ1) is 14.1. The summed E-state index contributed by atoms with van der Waals surface area (Å²) in [7, 11) is 0. The highest BCUT2D eigenvalue weighted by atomic mass is 16.3. The fourth-order valence-electron chi connectivity index (χ4n) is 5.47. The Morgan fingerprint density at radius 1 is 0.621 bits per heavy atom. The van der Waals surface area contributed by atoms with E-state index in [4.69, 9.17) is 0 Å².